The number of aromatic amines is 1. The summed E-state index contributed by atoms with van der Waals surface area (Å²) in [5, 5.41) is 18.4. The van der Waals surface area contributed by atoms with Crippen molar-refractivity contribution in [1.82, 2.24) is 20.1 Å². The quantitative estimate of drug-likeness (QED) is 0.195. The molecule has 2 heterocycles. The van der Waals surface area contributed by atoms with Gasteiger partial charge in [0.1, 0.15) is 11.8 Å². The Kier molecular flexibility index (Phi) is 9.56. The summed E-state index contributed by atoms with van der Waals surface area (Å²) in [4.78, 5) is 34.9. The van der Waals surface area contributed by atoms with Gasteiger partial charge in [0.2, 0.25) is 5.91 Å². The van der Waals surface area contributed by atoms with Crippen molar-refractivity contribution in [2.45, 2.75) is 50.8 Å². The van der Waals surface area contributed by atoms with Crippen molar-refractivity contribution in [3.05, 3.63) is 95.7 Å². The van der Waals surface area contributed by atoms with Crippen molar-refractivity contribution < 1.29 is 19.4 Å². The third kappa shape index (κ3) is 6.90. The highest BCUT2D eigenvalue weighted by Crippen LogP contribution is 2.34. The van der Waals surface area contributed by atoms with Crippen LogP contribution >= 0.6 is 0 Å². The van der Waals surface area contributed by atoms with Crippen molar-refractivity contribution in [3.8, 4) is 5.75 Å². The number of nitrogens with one attached hydrogen (secondary N) is 3. The molecule has 1 aromatic heterocycles. The van der Waals surface area contributed by atoms with Crippen LogP contribution in [0.4, 0.5) is 10.5 Å². The summed E-state index contributed by atoms with van der Waals surface area (Å²) in [6, 6.07) is 22.1. The Balaban J connectivity index is 1.39. The van der Waals surface area contributed by atoms with E-state index in [2.05, 4.69) is 20.5 Å². The molecule has 0 bridgehead atoms. The average Bonchev–Trinajstić information content (AvgIpc) is 3.45. The van der Waals surface area contributed by atoms with Gasteiger partial charge in [0.15, 0.2) is 0 Å². The van der Waals surface area contributed by atoms with Gasteiger partial charge in [0.25, 0.3) is 0 Å². The summed E-state index contributed by atoms with van der Waals surface area (Å²) in [5.41, 5.74) is 3.35. The van der Waals surface area contributed by atoms with Crippen LogP contribution in [0.15, 0.2) is 79.0 Å². The number of carbonyl (C=O) groups is 2. The van der Waals surface area contributed by atoms with Crippen molar-refractivity contribution >= 4 is 28.5 Å². The monoisotopic (exact) mass is 597 g/mol. The van der Waals surface area contributed by atoms with E-state index in [1.165, 1.54) is 0 Å². The number of amides is 3. The number of nitrogens with zero attached hydrogens (tertiary/aromatic N) is 2. The molecule has 3 aromatic carbocycles. The van der Waals surface area contributed by atoms with E-state index in [4.69, 9.17) is 4.74 Å². The van der Waals surface area contributed by atoms with E-state index in [1.807, 2.05) is 107 Å². The number of likely N-dealkylation sites (tertiary alicyclic amines) is 1. The zero-order valence-corrected chi connectivity index (χ0v) is 26.0. The Morgan fingerprint density at radius 2 is 1.75 bits per heavy atom. The van der Waals surface area contributed by atoms with Gasteiger partial charge in [-0.15, -0.1) is 0 Å². The average molecular weight is 598 g/mol. The number of aromatic nitrogens is 1. The predicted molar refractivity (Wildman–Crippen MR) is 174 cm³/mol. The normalized spacial score (nSPS) is 16.0. The van der Waals surface area contributed by atoms with Crippen LogP contribution in [0.3, 0.4) is 0 Å². The first kappa shape index (κ1) is 31.1. The summed E-state index contributed by atoms with van der Waals surface area (Å²) in [5.74, 6) is -0.122. The smallest absolute Gasteiger partial charge is 0.318 e. The number of hydrogen-bond acceptors (Lipinski definition) is 5. The van der Waals surface area contributed by atoms with Crippen LogP contribution in [-0.4, -0.2) is 71.7 Å². The molecule has 0 spiro atoms. The van der Waals surface area contributed by atoms with E-state index in [-0.39, 0.29) is 17.9 Å². The summed E-state index contributed by atoms with van der Waals surface area (Å²) in [6.45, 7) is 5.75. The number of rotatable bonds is 10. The SMILES string of the molecule is CCOc1ccc(CN(C)C)cc1NC(=O)[C@H](NC(=O)N1CCC(O)(c2ccccc2)CC1)[C@@H](C)c1c[nH]c2ccccc12. The minimum absolute atomic E-state index is 0.335. The van der Waals surface area contributed by atoms with Crippen molar-refractivity contribution in [3.63, 3.8) is 0 Å². The van der Waals surface area contributed by atoms with Gasteiger partial charge < -0.3 is 35.3 Å². The lowest BCUT2D eigenvalue weighted by atomic mass is 9.84. The van der Waals surface area contributed by atoms with Gasteiger partial charge in [-0.05, 0) is 68.8 Å². The maximum atomic E-state index is 14.1. The second kappa shape index (κ2) is 13.5. The van der Waals surface area contributed by atoms with Gasteiger partial charge in [-0.3, -0.25) is 4.79 Å². The first-order valence-electron chi connectivity index (χ1n) is 15.3. The molecule has 1 saturated heterocycles. The number of H-pyrrole nitrogens is 1. The molecule has 232 valence electrons. The zero-order valence-electron chi connectivity index (χ0n) is 26.0. The molecule has 0 radical (unpaired) electrons. The van der Waals surface area contributed by atoms with Gasteiger partial charge in [-0.1, -0.05) is 61.5 Å². The Hall–Kier alpha value is -4.34. The third-order valence-electron chi connectivity index (χ3n) is 8.46. The lowest BCUT2D eigenvalue weighted by Crippen LogP contribution is -2.54. The van der Waals surface area contributed by atoms with Crippen molar-refractivity contribution in [2.24, 2.45) is 0 Å². The molecule has 0 saturated carbocycles. The summed E-state index contributed by atoms with van der Waals surface area (Å²) in [7, 11) is 3.98. The van der Waals surface area contributed by atoms with Crippen LogP contribution in [0.25, 0.3) is 10.9 Å². The summed E-state index contributed by atoms with van der Waals surface area (Å²) < 4.78 is 5.85. The predicted octanol–water partition coefficient (Wildman–Crippen LogP) is 5.43. The molecule has 4 aromatic rings. The van der Waals surface area contributed by atoms with Crippen LogP contribution in [0.5, 0.6) is 5.75 Å². The first-order valence-corrected chi connectivity index (χ1v) is 15.3. The molecular formula is C35H43N5O4. The molecule has 0 unspecified atom stereocenters. The maximum Gasteiger partial charge on any atom is 0.318 e. The first-order chi connectivity index (χ1) is 21.2. The molecule has 1 aliphatic rings. The molecule has 3 amide bonds. The van der Waals surface area contributed by atoms with Crippen LogP contribution < -0.4 is 15.4 Å². The Morgan fingerprint density at radius 1 is 1.05 bits per heavy atom. The number of carbonyl (C=O) groups excluding carboxylic acids is 2. The molecule has 0 aliphatic carbocycles. The standard InChI is InChI=1S/C35H43N5O4/c1-5-44-31-16-15-25(23-39(3)4)21-30(31)37-33(41)32(24(2)28-22-36-29-14-10-9-13-27(28)29)38-34(42)40-19-17-35(43,18-20-40)26-11-7-6-8-12-26/h6-16,21-22,24,32,36,43H,5,17-20,23H2,1-4H3,(H,37,41)(H,38,42)/t24-,32+/m0/s1. The van der Waals surface area contributed by atoms with E-state index < -0.39 is 11.6 Å². The van der Waals surface area contributed by atoms with Crippen LogP contribution in [0, 0.1) is 0 Å². The molecule has 1 aliphatic heterocycles. The number of hydrogen-bond donors (Lipinski definition) is 4. The van der Waals surface area contributed by atoms with E-state index >= 15 is 0 Å². The minimum atomic E-state index is -0.987. The molecule has 44 heavy (non-hydrogen) atoms. The Morgan fingerprint density at radius 3 is 2.45 bits per heavy atom. The van der Waals surface area contributed by atoms with E-state index in [0.717, 1.165) is 27.6 Å². The third-order valence-corrected chi connectivity index (χ3v) is 8.46. The number of anilines is 1. The Bertz CT molecular complexity index is 1580. The number of fused-ring (bicyclic) bond motifs is 1. The largest absolute Gasteiger partial charge is 0.492 e. The second-order valence-corrected chi connectivity index (χ2v) is 11.9. The number of benzene rings is 3. The molecule has 9 nitrogen and oxygen atoms in total. The van der Waals surface area contributed by atoms with Gasteiger partial charge in [-0.2, -0.15) is 0 Å². The lowest BCUT2D eigenvalue weighted by molar-refractivity contribution is -0.118. The Labute approximate surface area is 259 Å². The van der Waals surface area contributed by atoms with Crippen LogP contribution in [0.2, 0.25) is 0 Å². The number of urea groups is 1. The summed E-state index contributed by atoms with van der Waals surface area (Å²) >= 11 is 0. The van der Waals surface area contributed by atoms with Crippen molar-refractivity contribution in [2.75, 3.05) is 39.1 Å². The van der Waals surface area contributed by atoms with Gasteiger partial charge in [0.05, 0.1) is 17.9 Å². The molecule has 9 heteroatoms. The molecule has 5 rings (SSSR count). The van der Waals surface area contributed by atoms with Crippen LogP contribution in [0.1, 0.15) is 49.3 Å². The lowest BCUT2D eigenvalue weighted by Gasteiger charge is -2.39. The topological polar surface area (TPSA) is 110 Å². The minimum Gasteiger partial charge on any atom is -0.492 e. The number of aliphatic hydroxyl groups is 1. The van der Waals surface area contributed by atoms with Crippen molar-refractivity contribution in [1.29, 1.82) is 0 Å². The highest BCUT2D eigenvalue weighted by atomic mass is 16.5. The second-order valence-electron chi connectivity index (χ2n) is 11.9. The highest BCUT2D eigenvalue weighted by Gasteiger charge is 2.37. The van der Waals surface area contributed by atoms with Gasteiger partial charge >= 0.3 is 6.03 Å². The van der Waals surface area contributed by atoms with E-state index in [0.29, 0.717) is 50.5 Å². The van der Waals surface area contributed by atoms with Gasteiger partial charge in [-0.25, -0.2) is 4.79 Å². The fourth-order valence-electron chi connectivity index (χ4n) is 6.04. The highest BCUT2D eigenvalue weighted by molar-refractivity contribution is 5.99. The fraction of sp³-hybridized carbons (Fsp3) is 0.371. The summed E-state index contributed by atoms with van der Waals surface area (Å²) in [6.07, 6.45) is 2.73. The molecule has 2 atom stereocenters. The number of ether oxygens (including phenoxy) is 1. The molecular weight excluding hydrogens is 554 g/mol. The number of piperidine rings is 1. The molecule has 4 N–H and O–H groups in total. The number of para-hydroxylation sites is 1. The van der Waals surface area contributed by atoms with E-state index in [9.17, 15) is 14.7 Å². The zero-order chi connectivity index (χ0) is 31.3. The maximum absolute atomic E-state index is 14.1. The van der Waals surface area contributed by atoms with Gasteiger partial charge in [0, 0.05) is 42.7 Å². The fourth-order valence-corrected chi connectivity index (χ4v) is 6.04. The molecule has 1 fully saturated rings. The van der Waals surface area contributed by atoms with Crippen LogP contribution in [-0.2, 0) is 16.9 Å². The van der Waals surface area contributed by atoms with E-state index in [1.54, 1.807) is 4.90 Å².